The summed E-state index contributed by atoms with van der Waals surface area (Å²) in [4.78, 5) is 0. The van der Waals surface area contributed by atoms with Crippen LogP contribution >= 0.6 is 15.9 Å². The molecule has 0 fully saturated rings. The van der Waals surface area contributed by atoms with Crippen molar-refractivity contribution in [2.45, 2.75) is 25.8 Å². The number of halogens is 2. The minimum absolute atomic E-state index is 0.150. The van der Waals surface area contributed by atoms with Gasteiger partial charge in [-0.3, -0.25) is 0 Å². The van der Waals surface area contributed by atoms with Crippen LogP contribution in [0.4, 0.5) is 4.39 Å². The third kappa shape index (κ3) is 5.20. The quantitative estimate of drug-likeness (QED) is 0.820. The molecule has 1 aromatic rings. The van der Waals surface area contributed by atoms with E-state index in [0.717, 1.165) is 4.47 Å². The van der Waals surface area contributed by atoms with Gasteiger partial charge in [-0.05, 0) is 38.1 Å². The molecule has 3 nitrogen and oxygen atoms in total. The average Bonchev–Trinajstić information content (AvgIpc) is 2.38. The molecule has 0 saturated heterocycles. The third-order valence-corrected chi connectivity index (χ3v) is 5.35. The van der Waals surface area contributed by atoms with Gasteiger partial charge >= 0.3 is 0 Å². The number of hydrogen-bond donors (Lipinski definition) is 1. The predicted octanol–water partition coefficient (Wildman–Crippen LogP) is 3.06. The number of hydrogen-bond acceptors (Lipinski definition) is 3. The second kappa shape index (κ2) is 7.36. The van der Waals surface area contributed by atoms with Crippen molar-refractivity contribution in [3.05, 3.63) is 34.1 Å². The molecule has 0 aromatic heterocycles. The van der Waals surface area contributed by atoms with Crippen LogP contribution < -0.4 is 5.32 Å². The Hall–Kier alpha value is -0.460. The van der Waals surface area contributed by atoms with Crippen LogP contribution in [0.25, 0.3) is 0 Å². The number of rotatable bonds is 7. The minimum Gasteiger partial charge on any atom is -0.313 e. The van der Waals surface area contributed by atoms with Crippen molar-refractivity contribution in [1.82, 2.24) is 5.32 Å². The summed E-state index contributed by atoms with van der Waals surface area (Å²) < 4.78 is 37.4. The summed E-state index contributed by atoms with van der Waals surface area (Å²) in [6.45, 7) is 1.64. The first kappa shape index (κ1) is 16.6. The number of nitrogens with one attached hydrogen (secondary N) is 1. The zero-order valence-corrected chi connectivity index (χ0v) is 13.5. The van der Waals surface area contributed by atoms with Crippen molar-refractivity contribution < 1.29 is 12.8 Å². The monoisotopic (exact) mass is 351 g/mol. The lowest BCUT2D eigenvalue weighted by atomic mass is 10.0. The fraction of sp³-hybridized carbons (Fsp3) is 0.538. The Morgan fingerprint density at radius 3 is 2.68 bits per heavy atom. The summed E-state index contributed by atoms with van der Waals surface area (Å²) in [6, 6.07) is 4.61. The van der Waals surface area contributed by atoms with Gasteiger partial charge in [0.1, 0.15) is 15.7 Å². The van der Waals surface area contributed by atoms with Gasteiger partial charge in [-0.2, -0.15) is 0 Å². The fourth-order valence-corrected chi connectivity index (χ4v) is 3.16. The van der Waals surface area contributed by atoms with Crippen LogP contribution in [0, 0.1) is 5.82 Å². The van der Waals surface area contributed by atoms with E-state index in [0.29, 0.717) is 18.4 Å². The Balaban J connectivity index is 2.71. The summed E-state index contributed by atoms with van der Waals surface area (Å²) >= 11 is 3.31. The van der Waals surface area contributed by atoms with Crippen LogP contribution in [-0.2, 0) is 9.84 Å². The van der Waals surface area contributed by atoms with E-state index in [1.807, 2.05) is 0 Å². The smallest absolute Gasteiger partial charge is 0.150 e. The molecule has 0 amide bonds. The van der Waals surface area contributed by atoms with E-state index in [-0.39, 0.29) is 23.4 Å². The zero-order chi connectivity index (χ0) is 14.5. The van der Waals surface area contributed by atoms with E-state index in [1.165, 1.54) is 6.07 Å². The lowest BCUT2D eigenvalue weighted by Crippen LogP contribution is -2.19. The predicted molar refractivity (Wildman–Crippen MR) is 79.5 cm³/mol. The van der Waals surface area contributed by atoms with Crippen LogP contribution in [0.1, 0.15) is 31.4 Å². The minimum atomic E-state index is -2.95. The highest BCUT2D eigenvalue weighted by Gasteiger charge is 2.16. The van der Waals surface area contributed by atoms with Gasteiger partial charge in [0.05, 0.1) is 5.75 Å². The second-order valence-corrected chi connectivity index (χ2v) is 7.77. The van der Waals surface area contributed by atoms with Crippen molar-refractivity contribution in [3.8, 4) is 0 Å². The van der Waals surface area contributed by atoms with E-state index in [2.05, 4.69) is 21.2 Å². The normalized spacial score (nSPS) is 13.5. The van der Waals surface area contributed by atoms with Crippen LogP contribution in [0.15, 0.2) is 22.7 Å². The van der Waals surface area contributed by atoms with Crippen LogP contribution in [0.5, 0.6) is 0 Å². The summed E-state index contributed by atoms with van der Waals surface area (Å²) in [6.07, 6.45) is 1.11. The molecular weight excluding hydrogens is 333 g/mol. The average molecular weight is 352 g/mol. The largest absolute Gasteiger partial charge is 0.313 e. The highest BCUT2D eigenvalue weighted by Crippen LogP contribution is 2.25. The third-order valence-electron chi connectivity index (χ3n) is 3.07. The Morgan fingerprint density at radius 1 is 1.42 bits per heavy atom. The highest BCUT2D eigenvalue weighted by molar-refractivity contribution is 9.10. The SMILES string of the molecule is CCS(=O)(=O)CCCC(NC)c1cc(Br)ccc1F. The molecule has 1 unspecified atom stereocenters. The van der Waals surface area contributed by atoms with Crippen molar-refractivity contribution in [3.63, 3.8) is 0 Å². The second-order valence-electron chi connectivity index (χ2n) is 4.39. The molecule has 19 heavy (non-hydrogen) atoms. The molecule has 108 valence electrons. The molecule has 6 heteroatoms. The molecule has 0 radical (unpaired) electrons. The number of sulfone groups is 1. The van der Waals surface area contributed by atoms with Crippen molar-refractivity contribution in [1.29, 1.82) is 0 Å². The molecule has 1 aromatic carbocycles. The fourth-order valence-electron chi connectivity index (χ4n) is 1.89. The van der Waals surface area contributed by atoms with Crippen molar-refractivity contribution in [2.24, 2.45) is 0 Å². The van der Waals surface area contributed by atoms with Gasteiger partial charge in [0.2, 0.25) is 0 Å². The van der Waals surface area contributed by atoms with E-state index >= 15 is 0 Å². The molecular formula is C13H19BrFNO2S. The van der Waals surface area contributed by atoms with E-state index in [4.69, 9.17) is 0 Å². The van der Waals surface area contributed by atoms with Gasteiger partial charge in [0, 0.05) is 21.8 Å². The molecule has 0 aliphatic heterocycles. The van der Waals surface area contributed by atoms with E-state index < -0.39 is 9.84 Å². The molecule has 0 aliphatic carbocycles. The van der Waals surface area contributed by atoms with Gasteiger partial charge in [-0.15, -0.1) is 0 Å². The molecule has 0 aliphatic rings. The molecule has 0 saturated carbocycles. The van der Waals surface area contributed by atoms with Crippen molar-refractivity contribution in [2.75, 3.05) is 18.6 Å². The Labute approximate surface area is 122 Å². The van der Waals surface area contributed by atoms with E-state index in [1.54, 1.807) is 26.1 Å². The first-order valence-electron chi connectivity index (χ1n) is 6.22. The summed E-state index contributed by atoms with van der Waals surface area (Å²) in [5.41, 5.74) is 0.561. The standard InChI is InChI=1S/C13H19BrFNO2S/c1-3-19(17,18)8-4-5-13(16-2)11-9-10(14)6-7-12(11)15/h6-7,9,13,16H,3-5,8H2,1-2H3. The summed E-state index contributed by atoms with van der Waals surface area (Å²) in [7, 11) is -1.21. The van der Waals surface area contributed by atoms with Gasteiger partial charge < -0.3 is 5.32 Å². The Bertz CT molecular complexity index is 519. The maximum Gasteiger partial charge on any atom is 0.150 e. The summed E-state index contributed by atoms with van der Waals surface area (Å²) in [5.74, 6) is 0.0284. The summed E-state index contributed by atoms with van der Waals surface area (Å²) in [5, 5.41) is 3.04. The first-order valence-corrected chi connectivity index (χ1v) is 8.83. The van der Waals surface area contributed by atoms with E-state index in [9.17, 15) is 12.8 Å². The zero-order valence-electron chi connectivity index (χ0n) is 11.1. The Kier molecular flexibility index (Phi) is 6.42. The molecule has 0 heterocycles. The number of benzene rings is 1. The van der Waals surface area contributed by atoms with Crippen molar-refractivity contribution >= 4 is 25.8 Å². The molecule has 0 spiro atoms. The van der Waals surface area contributed by atoms with Gasteiger partial charge in [-0.1, -0.05) is 22.9 Å². The van der Waals surface area contributed by atoms with Gasteiger partial charge in [0.15, 0.2) is 0 Å². The lowest BCUT2D eigenvalue weighted by Gasteiger charge is -2.17. The highest BCUT2D eigenvalue weighted by atomic mass is 79.9. The van der Waals surface area contributed by atoms with Crippen LogP contribution in [0.2, 0.25) is 0 Å². The topological polar surface area (TPSA) is 46.2 Å². The molecule has 0 bridgehead atoms. The molecule has 1 atom stereocenters. The maximum atomic E-state index is 13.8. The molecule has 1 rings (SSSR count). The van der Waals surface area contributed by atoms with Crippen LogP contribution in [-0.4, -0.2) is 27.0 Å². The lowest BCUT2D eigenvalue weighted by molar-refractivity contribution is 0.501. The van der Waals surface area contributed by atoms with Crippen LogP contribution in [0.3, 0.4) is 0 Å². The van der Waals surface area contributed by atoms with Gasteiger partial charge in [0.25, 0.3) is 0 Å². The Morgan fingerprint density at radius 2 is 2.11 bits per heavy atom. The maximum absolute atomic E-state index is 13.8. The first-order chi connectivity index (χ1) is 8.89. The molecule has 1 N–H and O–H groups in total. The van der Waals surface area contributed by atoms with Gasteiger partial charge in [-0.25, -0.2) is 12.8 Å².